The van der Waals surface area contributed by atoms with E-state index in [2.05, 4.69) is 92.3 Å². The Balaban J connectivity index is 0.000000154. The first-order chi connectivity index (χ1) is 53.4. The fourth-order valence-electron chi connectivity index (χ4n) is 21.1. The summed E-state index contributed by atoms with van der Waals surface area (Å²) >= 11 is 3.26. The van der Waals surface area contributed by atoms with Crippen molar-refractivity contribution >= 4 is 63.3 Å². The summed E-state index contributed by atoms with van der Waals surface area (Å²) in [6, 6.07) is 18.8. The van der Waals surface area contributed by atoms with Gasteiger partial charge >= 0.3 is 11.9 Å². The number of aliphatic hydroxyl groups excluding tert-OH is 3. The van der Waals surface area contributed by atoms with E-state index >= 15 is 0 Å². The van der Waals surface area contributed by atoms with Gasteiger partial charge in [-0.1, -0.05) is 48.5 Å². The number of phenols is 2. The van der Waals surface area contributed by atoms with Crippen molar-refractivity contribution in [2.75, 3.05) is 79.8 Å². The van der Waals surface area contributed by atoms with Gasteiger partial charge in [0, 0.05) is 124 Å². The topological polar surface area (TPSA) is 365 Å². The number of aliphatic hydroxyl groups is 3. The number of aromatic amines is 2. The Hall–Kier alpha value is -8.91. The van der Waals surface area contributed by atoms with Crippen LogP contribution in [0.15, 0.2) is 66.4 Å². The number of aryl methyl sites for hydroxylation is 2. The van der Waals surface area contributed by atoms with E-state index in [1.807, 2.05) is 76.4 Å². The predicted molar refractivity (Wildman–Crippen MR) is 408 cm³/mol. The van der Waals surface area contributed by atoms with Gasteiger partial charge in [-0.15, -0.1) is 33.6 Å². The second-order valence-corrected chi connectivity index (χ2v) is 33.4. The quantitative estimate of drug-likeness (QED) is 0.0341. The van der Waals surface area contributed by atoms with Crippen molar-refractivity contribution in [1.82, 2.24) is 40.2 Å². The van der Waals surface area contributed by atoms with Gasteiger partial charge in [0.2, 0.25) is 13.6 Å². The third-order valence-corrected chi connectivity index (χ3v) is 28.9. The van der Waals surface area contributed by atoms with Gasteiger partial charge in [0.1, 0.15) is 25.5 Å². The molecule has 22 rings (SSSR count). The van der Waals surface area contributed by atoms with E-state index in [-0.39, 0.29) is 132 Å². The zero-order valence-corrected chi connectivity index (χ0v) is 66.1. The molecule has 112 heavy (non-hydrogen) atoms. The molecule has 16 heterocycles. The number of aromatic hydroxyl groups is 2. The van der Waals surface area contributed by atoms with Crippen LogP contribution >= 0.6 is 23.5 Å². The number of nitrogens with one attached hydrogen (secondary N) is 4. The molecule has 6 aromatic carbocycles. The second-order valence-electron chi connectivity index (χ2n) is 31.1. The van der Waals surface area contributed by atoms with Crippen molar-refractivity contribution in [3.05, 3.63) is 177 Å². The molecular weight excluding hydrogens is 1570 g/mol. The molecule has 8 bridgehead atoms. The van der Waals surface area contributed by atoms with Crippen LogP contribution in [-0.4, -0.2) is 200 Å². The third-order valence-electron chi connectivity index (χ3n) is 26.0. The molecule has 10 N–H and O–H groups in total. The van der Waals surface area contributed by atoms with Gasteiger partial charge in [-0.25, -0.2) is 9.59 Å². The Kier molecular flexibility index (Phi) is 18.9. The van der Waals surface area contributed by atoms with Gasteiger partial charge in [-0.3, -0.25) is 24.9 Å². The average Bonchev–Trinajstić information content (AvgIpc) is 0.797. The molecule has 591 valence electrons. The first-order valence-corrected chi connectivity index (χ1v) is 39.4. The van der Waals surface area contributed by atoms with E-state index in [4.69, 9.17) is 53.2 Å². The first kappa shape index (κ1) is 75.8. The molecule has 0 unspecified atom stereocenters. The number of para-hydroxylation sites is 2. The molecule has 4 saturated heterocycles. The summed E-state index contributed by atoms with van der Waals surface area (Å²) in [5, 5.41) is 90.9. The van der Waals surface area contributed by atoms with Crippen LogP contribution in [0.3, 0.4) is 0 Å². The number of H-pyrrole nitrogens is 2. The van der Waals surface area contributed by atoms with Gasteiger partial charge in [-0.2, -0.15) is 5.26 Å². The molecule has 8 aromatic rings. The fourth-order valence-corrected chi connectivity index (χ4v) is 24.6. The largest absolute Gasteiger partial charge is 0.504 e. The summed E-state index contributed by atoms with van der Waals surface area (Å²) in [7, 11) is 7.25. The molecule has 14 aliphatic rings. The Morgan fingerprint density at radius 3 is 1.68 bits per heavy atom. The number of piperazine rings is 2. The number of hydrogen-bond donors (Lipinski definition) is 10. The Morgan fingerprint density at radius 1 is 0.652 bits per heavy atom. The van der Waals surface area contributed by atoms with Crippen LogP contribution in [0.25, 0.3) is 27.9 Å². The van der Waals surface area contributed by atoms with Crippen LogP contribution in [0.2, 0.25) is 0 Å². The molecule has 1 radical (unpaired) electrons. The number of nitriles is 1. The maximum absolute atomic E-state index is 14.9. The van der Waals surface area contributed by atoms with Crippen molar-refractivity contribution < 1.29 is 106 Å². The molecule has 28 nitrogen and oxygen atoms in total. The Labute approximate surface area is 668 Å². The Bertz CT molecular complexity index is 5380. The molecule has 31 heteroatoms. The van der Waals surface area contributed by atoms with E-state index in [9.17, 15) is 40.4 Å². The number of likely N-dealkylation sites (N-methyl/N-ethyl adjacent to an activating group) is 2. The van der Waals surface area contributed by atoms with E-state index in [1.54, 1.807) is 37.7 Å². The molecule has 0 amide bonds. The van der Waals surface area contributed by atoms with Crippen molar-refractivity contribution in [2.45, 2.75) is 149 Å². The van der Waals surface area contributed by atoms with Crippen LogP contribution in [0.4, 0.5) is 0 Å². The number of methoxy groups -OCH3 is 2. The number of ether oxygens (including phenoxy) is 8. The SMILES string of the molecule is COc1c(C)cc2c(c1O)[C@@H]1[C@@H]3[C@@H]4SC[C@]5(NC(CO)=Cc6c5[nH]c5ccccc65)C(=O)OC[C@@H](c5c6c(c(C)c(C)c54)OCO6)N3[C@@H](O)[C@H](C2)N1C.COc1c(C)cc2c(c1O)[C@@H]1[C@@H]3[C@@H]4SC[C@]5(N[C@H](CO)Cc6c5[nH]c5ccccc65)C(=O)OC[C@@H](c5c6c(c(C)c(C)c54)OCO6)N3[C@@H](C#N)[C@H](C2)N1C.O=[N+]([O-])O.[Ag]. The molecule has 2 spiro atoms. The summed E-state index contributed by atoms with van der Waals surface area (Å²) in [5.74, 6) is 3.33. The van der Waals surface area contributed by atoms with E-state index in [1.165, 1.54) is 0 Å². The van der Waals surface area contributed by atoms with Gasteiger partial charge < -0.3 is 83.9 Å². The first-order valence-electron chi connectivity index (χ1n) is 37.3. The molecular formula is C81H86AgN10O18S2. The summed E-state index contributed by atoms with van der Waals surface area (Å²) in [6.45, 7) is 11.8. The maximum atomic E-state index is 14.9. The van der Waals surface area contributed by atoms with Crippen LogP contribution in [0.1, 0.15) is 135 Å². The molecule has 15 atom stereocenters. The number of fused-ring (bicyclic) bond motifs is 22. The van der Waals surface area contributed by atoms with Crippen LogP contribution in [0.5, 0.6) is 46.0 Å². The number of thioether (sulfide) groups is 2. The number of phenolic OH excluding ortho intramolecular Hbond substituents is 2. The number of rotatable bonds is 4. The molecule has 2 aromatic heterocycles. The minimum absolute atomic E-state index is 0. The van der Waals surface area contributed by atoms with E-state index in [0.29, 0.717) is 65.2 Å². The minimum Gasteiger partial charge on any atom is -0.504 e. The fraction of sp³-hybridized carbons (Fsp3) is 0.444. The van der Waals surface area contributed by atoms with Gasteiger partial charge in [0.25, 0.3) is 5.09 Å². The molecule has 0 saturated carbocycles. The summed E-state index contributed by atoms with van der Waals surface area (Å²) in [6.07, 6.45) is 2.58. The number of esters is 2. The zero-order valence-electron chi connectivity index (χ0n) is 63.0. The monoisotopic (exact) mass is 1660 g/mol. The third kappa shape index (κ3) is 10.7. The van der Waals surface area contributed by atoms with Gasteiger partial charge in [0.05, 0.1) is 75.1 Å². The van der Waals surface area contributed by atoms with E-state index < -0.39 is 58.5 Å². The second kappa shape index (κ2) is 28.0. The number of aromatic nitrogens is 2. The molecule has 0 aliphatic carbocycles. The number of benzene rings is 6. The van der Waals surface area contributed by atoms with E-state index in [0.717, 1.165) is 117 Å². The van der Waals surface area contributed by atoms with Crippen molar-refractivity contribution in [3.63, 3.8) is 0 Å². The van der Waals surface area contributed by atoms with Crippen molar-refractivity contribution in [3.8, 4) is 52.1 Å². The number of nitrogens with zero attached hydrogens (tertiary/aromatic N) is 6. The predicted octanol–water partition coefficient (Wildman–Crippen LogP) is 8.50. The normalized spacial score (nSPS) is 29.3. The average molecular weight is 1660 g/mol. The molecule has 4 fully saturated rings. The summed E-state index contributed by atoms with van der Waals surface area (Å²) in [4.78, 5) is 54.2. The van der Waals surface area contributed by atoms with Gasteiger partial charge in [0.15, 0.2) is 57.1 Å². The zero-order chi connectivity index (χ0) is 77.6. The number of hydrogen-bond acceptors (Lipinski definition) is 26. The van der Waals surface area contributed by atoms with Crippen LogP contribution in [-0.2, 0) is 71.8 Å². The van der Waals surface area contributed by atoms with Crippen molar-refractivity contribution in [1.29, 1.82) is 5.26 Å². The van der Waals surface area contributed by atoms with Crippen LogP contribution in [0, 0.1) is 63.0 Å². The van der Waals surface area contributed by atoms with Crippen LogP contribution < -0.4 is 39.1 Å². The van der Waals surface area contributed by atoms with Crippen molar-refractivity contribution in [2.24, 2.45) is 0 Å². The molecule has 14 aliphatic heterocycles. The number of carbonyl (C=O) groups is 2. The maximum Gasteiger partial charge on any atom is 0.339 e. The summed E-state index contributed by atoms with van der Waals surface area (Å²) < 4.78 is 49.3. The smallest absolute Gasteiger partial charge is 0.339 e. The Morgan fingerprint density at radius 2 is 1.13 bits per heavy atom. The number of carbonyl (C=O) groups excluding carboxylic acids is 2. The standard InChI is InChI=1S/C41H43N5O7S.C40H42N4O8S.Ag.HNO3/c1-18-10-21-11-26-27(13-42)46-28-15-51-40(49)41(39-24(12-22(14-47)44-41)23-8-6-7-9-25(23)43-39)16-54-38(29-19(2)20(3)36-37(31(28)29)53-17-52-36)33(46)32(45(26)4)30(21)34(48)35(18)50-5;1-17-10-20-11-25-38(47)44-26-14-50-39(48)40(37-23(12-21(13-45)42-40)22-8-6-7-9-24(22)41-37)15-53-36(27-18(2)19(3)34-35(29(26)27)52-16-51-34)31(44)30(43(25)4)28(20)32(46)33(17)49-5;;2-1(3)4/h6-10,22,26-28,32-33,38,43-44,47-48H,11-12,14-17H2,1-5H3;6-10,12,25-26,30-31,36,38,41-42,45-47H,11,13-16H2,1-5H3;;(H,2,3,4)/t22-,26-,27-,28-,32+,33+,38+,41+;25-,26-,30+,31+,36+,38-,40+;;/m00../s1. The summed E-state index contributed by atoms with van der Waals surface area (Å²) in [5.41, 5.74) is 16.2. The minimum atomic E-state index is -1.50. The van der Waals surface area contributed by atoms with Gasteiger partial charge in [-0.05, 0) is 154 Å².